The Morgan fingerprint density at radius 1 is 1.59 bits per heavy atom. The second kappa shape index (κ2) is 5.85. The number of anilines is 1. The monoisotopic (exact) mass is 317 g/mol. The van der Waals surface area contributed by atoms with E-state index in [-0.39, 0.29) is 12.0 Å². The number of hydrogen-bond donors (Lipinski definition) is 1. The molecule has 5 heteroatoms. The van der Waals surface area contributed by atoms with Crippen LogP contribution in [0.2, 0.25) is 5.02 Å². The van der Waals surface area contributed by atoms with Crippen LogP contribution in [0.15, 0.2) is 22.7 Å². The van der Waals surface area contributed by atoms with Gasteiger partial charge in [0.1, 0.15) is 0 Å². The van der Waals surface area contributed by atoms with Gasteiger partial charge in [0.05, 0.1) is 27.7 Å². The van der Waals surface area contributed by atoms with E-state index in [4.69, 9.17) is 16.3 Å². The van der Waals surface area contributed by atoms with Gasteiger partial charge in [-0.15, -0.1) is 0 Å². The van der Waals surface area contributed by atoms with Crippen LogP contribution in [0.3, 0.4) is 0 Å². The van der Waals surface area contributed by atoms with Crippen LogP contribution >= 0.6 is 27.5 Å². The maximum Gasteiger partial charge on any atom is 0.227 e. The van der Waals surface area contributed by atoms with Crippen molar-refractivity contribution in [3.8, 4) is 0 Å². The van der Waals surface area contributed by atoms with E-state index in [1.165, 1.54) is 0 Å². The summed E-state index contributed by atoms with van der Waals surface area (Å²) < 4.78 is 6.13. The third kappa shape index (κ3) is 3.44. The van der Waals surface area contributed by atoms with Gasteiger partial charge >= 0.3 is 0 Å². The largest absolute Gasteiger partial charge is 0.378 e. The van der Waals surface area contributed by atoms with Crippen molar-refractivity contribution in [1.29, 1.82) is 0 Å². The number of rotatable bonds is 3. The van der Waals surface area contributed by atoms with Crippen molar-refractivity contribution in [2.75, 3.05) is 11.9 Å². The normalized spacial score (nSPS) is 19.3. The quantitative estimate of drug-likeness (QED) is 0.924. The maximum atomic E-state index is 11.8. The van der Waals surface area contributed by atoms with Crippen LogP contribution in [0, 0.1) is 0 Å². The summed E-state index contributed by atoms with van der Waals surface area (Å²) in [4.78, 5) is 11.8. The van der Waals surface area contributed by atoms with Crippen LogP contribution in [0.1, 0.15) is 19.3 Å². The Morgan fingerprint density at radius 2 is 2.41 bits per heavy atom. The Hall–Kier alpha value is -0.580. The highest BCUT2D eigenvalue weighted by molar-refractivity contribution is 9.10. The van der Waals surface area contributed by atoms with Gasteiger partial charge in [-0.3, -0.25) is 4.79 Å². The lowest BCUT2D eigenvalue weighted by atomic mass is 10.2. The number of amides is 1. The molecule has 0 saturated carbocycles. The highest BCUT2D eigenvalue weighted by Gasteiger charge is 2.19. The number of benzene rings is 1. The third-order valence-electron chi connectivity index (χ3n) is 2.66. The number of carbonyl (C=O) groups excluding carboxylic acids is 1. The first-order valence-electron chi connectivity index (χ1n) is 5.52. The maximum absolute atomic E-state index is 11.8. The molecular formula is C12H13BrClNO2. The molecule has 92 valence electrons. The standard InChI is InChI=1S/C12H13BrClNO2/c13-12-9(14)4-1-5-10(12)15-11(16)7-8-3-2-6-17-8/h1,4-5,8H,2-3,6-7H2,(H,15,16). The Bertz CT molecular complexity index is 419. The molecule has 2 rings (SSSR count). The molecule has 1 amide bonds. The van der Waals surface area contributed by atoms with Crippen molar-refractivity contribution in [2.24, 2.45) is 0 Å². The SMILES string of the molecule is O=C(CC1CCCO1)Nc1cccc(Cl)c1Br. The van der Waals surface area contributed by atoms with Crippen molar-refractivity contribution in [2.45, 2.75) is 25.4 Å². The molecule has 0 aromatic heterocycles. The summed E-state index contributed by atoms with van der Waals surface area (Å²) in [5.41, 5.74) is 0.695. The van der Waals surface area contributed by atoms with Gasteiger partial charge in [-0.25, -0.2) is 0 Å². The van der Waals surface area contributed by atoms with Crippen LogP contribution < -0.4 is 5.32 Å². The van der Waals surface area contributed by atoms with Gasteiger partial charge in [-0.05, 0) is 40.9 Å². The number of halogens is 2. The summed E-state index contributed by atoms with van der Waals surface area (Å²) in [6, 6.07) is 5.37. The molecule has 1 aromatic rings. The molecule has 3 nitrogen and oxygen atoms in total. The zero-order valence-corrected chi connectivity index (χ0v) is 11.6. The van der Waals surface area contributed by atoms with Gasteiger partial charge in [0.2, 0.25) is 5.91 Å². The predicted molar refractivity (Wildman–Crippen MR) is 71.4 cm³/mol. The molecule has 1 N–H and O–H groups in total. The van der Waals surface area contributed by atoms with E-state index in [0.29, 0.717) is 21.6 Å². The lowest BCUT2D eigenvalue weighted by molar-refractivity contribution is -0.118. The smallest absolute Gasteiger partial charge is 0.227 e. The van der Waals surface area contributed by atoms with Crippen molar-refractivity contribution in [3.05, 3.63) is 27.7 Å². The topological polar surface area (TPSA) is 38.3 Å². The minimum Gasteiger partial charge on any atom is -0.378 e. The van der Waals surface area contributed by atoms with Crippen molar-refractivity contribution < 1.29 is 9.53 Å². The number of ether oxygens (including phenoxy) is 1. The van der Waals surface area contributed by atoms with E-state index in [0.717, 1.165) is 19.4 Å². The lowest BCUT2D eigenvalue weighted by Gasteiger charge is -2.11. The summed E-state index contributed by atoms with van der Waals surface area (Å²) in [7, 11) is 0. The number of carbonyl (C=O) groups is 1. The summed E-state index contributed by atoms with van der Waals surface area (Å²) >= 11 is 9.29. The summed E-state index contributed by atoms with van der Waals surface area (Å²) in [5.74, 6) is -0.0418. The molecular weight excluding hydrogens is 305 g/mol. The molecule has 1 fully saturated rings. The zero-order chi connectivity index (χ0) is 12.3. The Labute approximate surface area is 114 Å². The second-order valence-electron chi connectivity index (χ2n) is 3.99. The fourth-order valence-electron chi connectivity index (χ4n) is 1.81. The molecule has 1 atom stereocenters. The molecule has 1 saturated heterocycles. The molecule has 1 heterocycles. The van der Waals surface area contributed by atoms with Crippen molar-refractivity contribution in [3.63, 3.8) is 0 Å². The molecule has 17 heavy (non-hydrogen) atoms. The van der Waals surface area contributed by atoms with E-state index in [2.05, 4.69) is 21.2 Å². The van der Waals surface area contributed by atoms with E-state index in [1.54, 1.807) is 12.1 Å². The minimum atomic E-state index is -0.0418. The van der Waals surface area contributed by atoms with Crippen LogP contribution in [-0.2, 0) is 9.53 Å². The number of nitrogens with one attached hydrogen (secondary N) is 1. The molecule has 0 spiro atoms. The van der Waals surface area contributed by atoms with Gasteiger partial charge in [0.15, 0.2) is 0 Å². The highest BCUT2D eigenvalue weighted by Crippen LogP contribution is 2.30. The Balaban J connectivity index is 1.95. The summed E-state index contributed by atoms with van der Waals surface area (Å²) in [6.07, 6.45) is 2.47. The van der Waals surface area contributed by atoms with E-state index in [9.17, 15) is 4.79 Å². The Kier molecular flexibility index (Phi) is 4.42. The molecule has 1 aromatic carbocycles. The van der Waals surface area contributed by atoms with E-state index < -0.39 is 0 Å². The molecule has 1 unspecified atom stereocenters. The molecule has 1 aliphatic heterocycles. The Morgan fingerprint density at radius 3 is 3.12 bits per heavy atom. The first kappa shape index (κ1) is 12.9. The lowest BCUT2D eigenvalue weighted by Crippen LogP contribution is -2.19. The van der Waals surface area contributed by atoms with E-state index >= 15 is 0 Å². The van der Waals surface area contributed by atoms with Gasteiger partial charge < -0.3 is 10.1 Å². The summed E-state index contributed by atoms with van der Waals surface area (Å²) in [5, 5.41) is 3.41. The van der Waals surface area contributed by atoms with Crippen LogP contribution in [-0.4, -0.2) is 18.6 Å². The van der Waals surface area contributed by atoms with Crippen LogP contribution in [0.4, 0.5) is 5.69 Å². The van der Waals surface area contributed by atoms with Gasteiger partial charge in [0.25, 0.3) is 0 Å². The average Bonchev–Trinajstić information content (AvgIpc) is 2.77. The zero-order valence-electron chi connectivity index (χ0n) is 9.21. The first-order valence-corrected chi connectivity index (χ1v) is 6.69. The van der Waals surface area contributed by atoms with Crippen molar-refractivity contribution in [1.82, 2.24) is 0 Å². The predicted octanol–water partition coefficient (Wildman–Crippen LogP) is 3.61. The fraction of sp³-hybridized carbons (Fsp3) is 0.417. The summed E-state index contributed by atoms with van der Waals surface area (Å²) in [6.45, 7) is 0.763. The van der Waals surface area contributed by atoms with Crippen molar-refractivity contribution >= 4 is 39.1 Å². The third-order valence-corrected chi connectivity index (χ3v) is 4.06. The molecule has 0 radical (unpaired) electrons. The molecule has 1 aliphatic rings. The van der Waals surface area contributed by atoms with E-state index in [1.807, 2.05) is 6.07 Å². The average molecular weight is 319 g/mol. The van der Waals surface area contributed by atoms with Crippen LogP contribution in [0.25, 0.3) is 0 Å². The van der Waals surface area contributed by atoms with Gasteiger partial charge in [-0.2, -0.15) is 0 Å². The fourth-order valence-corrected chi connectivity index (χ4v) is 2.35. The highest BCUT2D eigenvalue weighted by atomic mass is 79.9. The molecule has 0 aliphatic carbocycles. The second-order valence-corrected chi connectivity index (χ2v) is 5.19. The van der Waals surface area contributed by atoms with Gasteiger partial charge in [-0.1, -0.05) is 17.7 Å². The first-order chi connectivity index (χ1) is 8.16. The van der Waals surface area contributed by atoms with Gasteiger partial charge in [0, 0.05) is 6.61 Å². The van der Waals surface area contributed by atoms with Crippen LogP contribution in [0.5, 0.6) is 0 Å². The molecule has 0 bridgehead atoms. The number of hydrogen-bond acceptors (Lipinski definition) is 2. The minimum absolute atomic E-state index is 0.0418.